The smallest absolute Gasteiger partial charge is 0.168 e. The minimum absolute atomic E-state index is 0.236. The molecule has 5 nitrogen and oxygen atoms in total. The van der Waals surface area contributed by atoms with Gasteiger partial charge in [0.2, 0.25) is 0 Å². The Kier molecular flexibility index (Phi) is 5.01. The van der Waals surface area contributed by atoms with E-state index in [-0.39, 0.29) is 5.82 Å². The van der Waals surface area contributed by atoms with Gasteiger partial charge in [-0.15, -0.1) is 10.2 Å². The van der Waals surface area contributed by atoms with E-state index in [9.17, 15) is 4.39 Å². The Hall–Kier alpha value is -3.28. The molecule has 0 saturated carbocycles. The first-order chi connectivity index (χ1) is 14.0. The zero-order chi connectivity index (χ0) is 20.5. The number of fused-ring (bicyclic) bond motifs is 1. The molecule has 4 rings (SSSR count). The van der Waals surface area contributed by atoms with Crippen molar-refractivity contribution in [2.24, 2.45) is 0 Å². The summed E-state index contributed by atoms with van der Waals surface area (Å²) < 4.78 is 21.9. The van der Waals surface area contributed by atoms with Gasteiger partial charge in [0, 0.05) is 34.3 Å². The number of halogens is 1. The van der Waals surface area contributed by atoms with Crippen molar-refractivity contribution < 1.29 is 9.13 Å². The number of aryl methyl sites for hydroxylation is 4. The lowest BCUT2D eigenvalue weighted by atomic mass is 10.0. The molecular weight excluding hydrogens is 367 g/mol. The summed E-state index contributed by atoms with van der Waals surface area (Å²) in [6.07, 6.45) is 4.73. The van der Waals surface area contributed by atoms with Gasteiger partial charge in [0.15, 0.2) is 5.65 Å². The summed E-state index contributed by atoms with van der Waals surface area (Å²) in [5.41, 5.74) is 7.34. The van der Waals surface area contributed by atoms with Gasteiger partial charge in [-0.25, -0.2) is 4.39 Å². The van der Waals surface area contributed by atoms with Crippen LogP contribution in [0.3, 0.4) is 0 Å². The first-order valence-electron chi connectivity index (χ1n) is 9.56. The van der Waals surface area contributed by atoms with Crippen LogP contribution in [0.4, 0.5) is 4.39 Å². The molecule has 6 heteroatoms. The molecule has 0 saturated heterocycles. The fourth-order valence-corrected chi connectivity index (χ4v) is 3.77. The second kappa shape index (κ2) is 7.62. The molecule has 0 aliphatic heterocycles. The van der Waals surface area contributed by atoms with E-state index in [1.165, 1.54) is 0 Å². The minimum Gasteiger partial charge on any atom is -0.496 e. The van der Waals surface area contributed by atoms with Crippen LogP contribution in [0.5, 0.6) is 5.75 Å². The Morgan fingerprint density at radius 2 is 1.86 bits per heavy atom. The Balaban J connectivity index is 1.70. The zero-order valence-corrected chi connectivity index (χ0v) is 17.0. The van der Waals surface area contributed by atoms with Gasteiger partial charge in [-0.05, 0) is 75.1 Å². The van der Waals surface area contributed by atoms with E-state index in [1.807, 2.05) is 42.6 Å². The summed E-state index contributed by atoms with van der Waals surface area (Å²) in [5, 5.41) is 8.43. The van der Waals surface area contributed by atoms with Crippen molar-refractivity contribution in [3.05, 3.63) is 76.8 Å². The highest BCUT2D eigenvalue weighted by atomic mass is 19.1. The van der Waals surface area contributed by atoms with Crippen molar-refractivity contribution in [2.75, 3.05) is 7.11 Å². The summed E-state index contributed by atoms with van der Waals surface area (Å²) in [6, 6.07) is 9.55. The standard InChI is InChI=1S/C23H23FN4O/c1-14-9-21(24)19(22(10-14)29-4)8-6-17-5-7-18(23-27-26-13-28(17)23)20-12-25-16(3)11-15(20)2/h5,7,9-13H,6,8H2,1-4H3. The predicted molar refractivity (Wildman–Crippen MR) is 111 cm³/mol. The van der Waals surface area contributed by atoms with Gasteiger partial charge in [-0.2, -0.15) is 0 Å². The summed E-state index contributed by atoms with van der Waals surface area (Å²) >= 11 is 0. The molecule has 0 aliphatic carbocycles. The average Bonchev–Trinajstić information content (AvgIpc) is 3.17. The summed E-state index contributed by atoms with van der Waals surface area (Å²) in [5.74, 6) is 0.347. The van der Waals surface area contributed by atoms with Crippen molar-refractivity contribution in [3.8, 4) is 16.9 Å². The summed E-state index contributed by atoms with van der Waals surface area (Å²) in [4.78, 5) is 4.43. The van der Waals surface area contributed by atoms with Crippen molar-refractivity contribution >= 4 is 5.65 Å². The molecule has 0 aliphatic rings. The van der Waals surface area contributed by atoms with Crippen LogP contribution < -0.4 is 4.74 Å². The van der Waals surface area contributed by atoms with Gasteiger partial charge >= 0.3 is 0 Å². The van der Waals surface area contributed by atoms with Crippen LogP contribution in [0.1, 0.15) is 28.1 Å². The zero-order valence-electron chi connectivity index (χ0n) is 17.0. The Bertz CT molecular complexity index is 1200. The van der Waals surface area contributed by atoms with E-state index < -0.39 is 0 Å². The molecule has 0 fully saturated rings. The fourth-order valence-electron chi connectivity index (χ4n) is 3.77. The number of ether oxygens (including phenoxy) is 1. The normalized spacial score (nSPS) is 11.2. The van der Waals surface area contributed by atoms with E-state index in [0.29, 0.717) is 24.2 Å². The van der Waals surface area contributed by atoms with Gasteiger partial charge < -0.3 is 4.74 Å². The van der Waals surface area contributed by atoms with Crippen molar-refractivity contribution in [1.82, 2.24) is 19.6 Å². The number of benzene rings is 1. The SMILES string of the molecule is COc1cc(C)cc(F)c1CCc1ccc(-c2cnc(C)cc2C)c2nncn12. The van der Waals surface area contributed by atoms with E-state index in [2.05, 4.69) is 28.2 Å². The third-order valence-corrected chi connectivity index (χ3v) is 5.23. The molecule has 0 spiro atoms. The largest absolute Gasteiger partial charge is 0.496 e. The minimum atomic E-state index is -0.236. The Morgan fingerprint density at radius 3 is 2.62 bits per heavy atom. The molecule has 0 amide bonds. The van der Waals surface area contributed by atoms with Gasteiger partial charge in [-0.3, -0.25) is 9.38 Å². The molecule has 3 aromatic heterocycles. The number of hydrogen-bond donors (Lipinski definition) is 0. The topological polar surface area (TPSA) is 52.3 Å². The molecule has 0 atom stereocenters. The second-order valence-corrected chi connectivity index (χ2v) is 7.33. The predicted octanol–water partition coefficient (Wildman–Crippen LogP) is 4.65. The average molecular weight is 390 g/mol. The molecule has 3 heterocycles. The van der Waals surface area contributed by atoms with Gasteiger partial charge in [0.25, 0.3) is 0 Å². The highest BCUT2D eigenvalue weighted by Crippen LogP contribution is 2.29. The maximum absolute atomic E-state index is 14.5. The molecular formula is C23H23FN4O. The summed E-state index contributed by atoms with van der Waals surface area (Å²) in [7, 11) is 1.57. The molecule has 0 unspecified atom stereocenters. The third-order valence-electron chi connectivity index (χ3n) is 5.23. The number of aromatic nitrogens is 4. The van der Waals surface area contributed by atoms with Gasteiger partial charge in [0.1, 0.15) is 17.9 Å². The lowest BCUT2D eigenvalue weighted by Gasteiger charge is -2.13. The van der Waals surface area contributed by atoms with Crippen LogP contribution in [-0.4, -0.2) is 26.7 Å². The number of hydrogen-bond acceptors (Lipinski definition) is 4. The van der Waals surface area contributed by atoms with Crippen LogP contribution in [-0.2, 0) is 12.8 Å². The van der Waals surface area contributed by atoms with Gasteiger partial charge in [0.05, 0.1) is 7.11 Å². The first kappa shape index (κ1) is 19.1. The van der Waals surface area contributed by atoms with Crippen molar-refractivity contribution in [1.29, 1.82) is 0 Å². The molecule has 4 aromatic rings. The maximum Gasteiger partial charge on any atom is 0.168 e. The number of rotatable bonds is 5. The van der Waals surface area contributed by atoms with Crippen molar-refractivity contribution in [2.45, 2.75) is 33.6 Å². The molecule has 0 N–H and O–H groups in total. The lowest BCUT2D eigenvalue weighted by Crippen LogP contribution is -2.04. The lowest BCUT2D eigenvalue weighted by molar-refractivity contribution is 0.404. The number of methoxy groups -OCH3 is 1. The number of pyridine rings is 2. The quantitative estimate of drug-likeness (QED) is 0.498. The second-order valence-electron chi connectivity index (χ2n) is 7.33. The molecule has 1 aromatic carbocycles. The third kappa shape index (κ3) is 3.58. The molecule has 0 radical (unpaired) electrons. The van der Waals surface area contributed by atoms with Gasteiger partial charge in [-0.1, -0.05) is 0 Å². The van der Waals surface area contributed by atoms with E-state index in [1.54, 1.807) is 19.5 Å². The Morgan fingerprint density at radius 1 is 1.03 bits per heavy atom. The van der Waals surface area contributed by atoms with E-state index in [4.69, 9.17) is 4.74 Å². The van der Waals surface area contributed by atoms with Crippen LogP contribution in [0.2, 0.25) is 0 Å². The van der Waals surface area contributed by atoms with Crippen LogP contribution in [0, 0.1) is 26.6 Å². The highest BCUT2D eigenvalue weighted by Gasteiger charge is 2.15. The molecule has 148 valence electrons. The Labute approximate surface area is 169 Å². The van der Waals surface area contributed by atoms with Crippen LogP contribution >= 0.6 is 0 Å². The monoisotopic (exact) mass is 390 g/mol. The van der Waals surface area contributed by atoms with E-state index >= 15 is 0 Å². The highest BCUT2D eigenvalue weighted by molar-refractivity contribution is 5.79. The van der Waals surface area contributed by atoms with Crippen LogP contribution in [0.25, 0.3) is 16.8 Å². The van der Waals surface area contributed by atoms with E-state index in [0.717, 1.165) is 39.3 Å². The van der Waals surface area contributed by atoms with Crippen LogP contribution in [0.15, 0.2) is 42.9 Å². The summed E-state index contributed by atoms with van der Waals surface area (Å²) in [6.45, 7) is 5.90. The number of nitrogens with zero attached hydrogens (tertiary/aromatic N) is 4. The first-order valence-corrected chi connectivity index (χ1v) is 9.56. The fraction of sp³-hybridized carbons (Fsp3) is 0.261. The molecule has 0 bridgehead atoms. The molecule has 29 heavy (non-hydrogen) atoms. The van der Waals surface area contributed by atoms with Crippen molar-refractivity contribution in [3.63, 3.8) is 0 Å². The maximum atomic E-state index is 14.5.